The van der Waals surface area contributed by atoms with Crippen LogP contribution in [0.4, 0.5) is 4.79 Å². The quantitative estimate of drug-likeness (QED) is 0.282. The number of nitrogens with zero attached hydrogens (tertiary/aromatic N) is 2. The number of rotatable bonds is 8. The molecule has 1 aliphatic heterocycles. The maximum Gasteiger partial charge on any atom is 0.409 e. The second-order valence-corrected chi connectivity index (χ2v) is 7.84. The number of methoxy groups -OCH3 is 1. The highest BCUT2D eigenvalue weighted by Crippen LogP contribution is 2.20. The van der Waals surface area contributed by atoms with Crippen LogP contribution in [0.2, 0.25) is 0 Å². The van der Waals surface area contributed by atoms with Crippen LogP contribution in [-0.4, -0.2) is 56.3 Å². The highest BCUT2D eigenvalue weighted by molar-refractivity contribution is 14.0. The molecular formula is C24H35IN4O4. The molecule has 0 atom stereocenters. The van der Waals surface area contributed by atoms with Gasteiger partial charge in [0.1, 0.15) is 11.5 Å². The van der Waals surface area contributed by atoms with Crippen molar-refractivity contribution in [1.29, 1.82) is 0 Å². The maximum absolute atomic E-state index is 12.0. The third-order valence-electron chi connectivity index (χ3n) is 5.46. The van der Waals surface area contributed by atoms with Crippen LogP contribution in [0.3, 0.4) is 0 Å². The van der Waals surface area contributed by atoms with E-state index in [0.717, 1.165) is 47.9 Å². The molecule has 1 amide bonds. The van der Waals surface area contributed by atoms with Gasteiger partial charge in [0.15, 0.2) is 5.96 Å². The van der Waals surface area contributed by atoms with Gasteiger partial charge in [-0.15, -0.1) is 24.0 Å². The topological polar surface area (TPSA) is 88.3 Å². The van der Waals surface area contributed by atoms with Gasteiger partial charge in [-0.3, -0.25) is 0 Å². The van der Waals surface area contributed by atoms with Crippen molar-refractivity contribution in [3.8, 4) is 5.75 Å². The minimum atomic E-state index is -0.233. The molecule has 1 aromatic heterocycles. The minimum absolute atomic E-state index is 0. The van der Waals surface area contributed by atoms with Gasteiger partial charge in [-0.1, -0.05) is 12.1 Å². The summed E-state index contributed by atoms with van der Waals surface area (Å²) in [6.45, 7) is 6.81. The number of benzene rings is 1. The van der Waals surface area contributed by atoms with Gasteiger partial charge in [0.05, 0.1) is 26.5 Å². The number of halogens is 1. The van der Waals surface area contributed by atoms with E-state index in [1.807, 2.05) is 32.0 Å². The zero-order valence-electron chi connectivity index (χ0n) is 19.6. The Kier molecular flexibility index (Phi) is 11.4. The van der Waals surface area contributed by atoms with Crippen molar-refractivity contribution in [1.82, 2.24) is 15.5 Å². The highest BCUT2D eigenvalue weighted by Gasteiger charge is 2.24. The largest absolute Gasteiger partial charge is 0.496 e. The van der Waals surface area contributed by atoms with Crippen LogP contribution in [0, 0.1) is 6.92 Å². The lowest BCUT2D eigenvalue weighted by Gasteiger charge is -2.32. The van der Waals surface area contributed by atoms with Crippen LogP contribution in [-0.2, 0) is 17.7 Å². The SMILES string of the molecule is CCOC(=O)N1CCC(NC(=NCc2ccc(C)cc2OC)NCCc2ccco2)CC1.I. The molecule has 1 aliphatic rings. The van der Waals surface area contributed by atoms with Gasteiger partial charge in [-0.05, 0) is 50.5 Å². The summed E-state index contributed by atoms with van der Waals surface area (Å²) in [5.74, 6) is 2.51. The van der Waals surface area contributed by atoms with Gasteiger partial charge in [-0.2, -0.15) is 0 Å². The summed E-state index contributed by atoms with van der Waals surface area (Å²) in [5, 5.41) is 6.95. The Bertz CT molecular complexity index is 881. The summed E-state index contributed by atoms with van der Waals surface area (Å²) < 4.78 is 16.1. The molecule has 1 fully saturated rings. The van der Waals surface area contributed by atoms with Gasteiger partial charge in [0.25, 0.3) is 0 Å². The van der Waals surface area contributed by atoms with Crippen molar-refractivity contribution in [2.75, 3.05) is 33.4 Å². The van der Waals surface area contributed by atoms with E-state index in [1.165, 1.54) is 0 Å². The van der Waals surface area contributed by atoms with Gasteiger partial charge < -0.3 is 29.4 Å². The molecule has 1 saturated heterocycles. The van der Waals surface area contributed by atoms with E-state index < -0.39 is 0 Å². The van der Waals surface area contributed by atoms with E-state index in [9.17, 15) is 4.79 Å². The number of aliphatic imine (C=N–C) groups is 1. The Balaban J connectivity index is 0.00000385. The normalized spacial score (nSPS) is 14.4. The Morgan fingerprint density at radius 3 is 2.73 bits per heavy atom. The van der Waals surface area contributed by atoms with Crippen LogP contribution in [0.15, 0.2) is 46.0 Å². The number of hydrogen-bond donors (Lipinski definition) is 2. The summed E-state index contributed by atoms with van der Waals surface area (Å²) in [7, 11) is 1.68. The van der Waals surface area contributed by atoms with E-state index in [-0.39, 0.29) is 36.1 Å². The molecule has 0 aliphatic carbocycles. The number of amides is 1. The number of furan rings is 1. The first kappa shape index (κ1) is 26.8. The molecule has 0 saturated carbocycles. The summed E-state index contributed by atoms with van der Waals surface area (Å²) in [4.78, 5) is 18.5. The van der Waals surface area contributed by atoms with Gasteiger partial charge >= 0.3 is 6.09 Å². The van der Waals surface area contributed by atoms with Crippen molar-refractivity contribution in [2.45, 2.75) is 45.7 Å². The molecule has 0 spiro atoms. The van der Waals surface area contributed by atoms with Crippen molar-refractivity contribution >= 4 is 36.0 Å². The molecule has 182 valence electrons. The van der Waals surface area contributed by atoms with Gasteiger partial charge in [0.2, 0.25) is 0 Å². The Hall–Kier alpha value is -2.43. The molecule has 3 rings (SSSR count). The zero-order valence-corrected chi connectivity index (χ0v) is 22.0. The molecule has 1 aromatic carbocycles. The van der Waals surface area contributed by atoms with Crippen molar-refractivity contribution in [3.63, 3.8) is 0 Å². The molecule has 0 radical (unpaired) electrons. The van der Waals surface area contributed by atoms with E-state index in [0.29, 0.717) is 32.8 Å². The van der Waals surface area contributed by atoms with Crippen molar-refractivity contribution < 1.29 is 18.7 Å². The Morgan fingerprint density at radius 2 is 2.06 bits per heavy atom. The molecule has 0 unspecified atom stereocenters. The van der Waals surface area contributed by atoms with Crippen molar-refractivity contribution in [2.24, 2.45) is 4.99 Å². The third-order valence-corrected chi connectivity index (χ3v) is 5.46. The van der Waals surface area contributed by atoms with E-state index >= 15 is 0 Å². The molecule has 33 heavy (non-hydrogen) atoms. The summed E-state index contributed by atoms with van der Waals surface area (Å²) in [6.07, 6.45) is 3.90. The van der Waals surface area contributed by atoms with Gasteiger partial charge in [-0.25, -0.2) is 9.79 Å². The number of carbonyl (C=O) groups excluding carboxylic acids is 1. The molecule has 8 nitrogen and oxygen atoms in total. The molecule has 9 heteroatoms. The van der Waals surface area contributed by atoms with Crippen molar-refractivity contribution in [3.05, 3.63) is 53.5 Å². The maximum atomic E-state index is 12.0. The number of carbonyl (C=O) groups is 1. The standard InChI is InChI=1S/C24H34N4O4.HI/c1-4-31-24(29)28-13-10-20(11-14-28)27-23(25-12-9-21-6-5-15-32-21)26-17-19-8-7-18(2)16-22(19)30-3;/h5-8,15-16,20H,4,9-14,17H2,1-3H3,(H2,25,26,27);1H. The first-order chi connectivity index (χ1) is 15.6. The average molecular weight is 570 g/mol. The van der Waals surface area contributed by atoms with Crippen LogP contribution >= 0.6 is 24.0 Å². The third kappa shape index (κ3) is 8.45. The number of aryl methyl sites for hydroxylation is 1. The smallest absolute Gasteiger partial charge is 0.409 e. The second kappa shape index (κ2) is 14.0. The van der Waals surface area contributed by atoms with Crippen LogP contribution in [0.25, 0.3) is 0 Å². The summed E-state index contributed by atoms with van der Waals surface area (Å²) >= 11 is 0. The number of guanidine groups is 1. The number of ether oxygens (including phenoxy) is 2. The minimum Gasteiger partial charge on any atom is -0.496 e. The Morgan fingerprint density at radius 1 is 1.27 bits per heavy atom. The fourth-order valence-electron chi connectivity index (χ4n) is 3.67. The predicted molar refractivity (Wildman–Crippen MR) is 139 cm³/mol. The predicted octanol–water partition coefficient (Wildman–Crippen LogP) is 4.11. The molecule has 2 heterocycles. The Labute approximate surface area is 213 Å². The highest BCUT2D eigenvalue weighted by atomic mass is 127. The molecule has 2 aromatic rings. The van der Waals surface area contributed by atoms with Crippen LogP contribution < -0.4 is 15.4 Å². The van der Waals surface area contributed by atoms with Crippen LogP contribution in [0.5, 0.6) is 5.75 Å². The summed E-state index contributed by atoms with van der Waals surface area (Å²) in [6, 6.07) is 10.2. The fourth-order valence-corrected chi connectivity index (χ4v) is 3.67. The lowest BCUT2D eigenvalue weighted by atomic mass is 10.1. The first-order valence-electron chi connectivity index (χ1n) is 11.2. The van der Waals surface area contributed by atoms with E-state index in [2.05, 4.69) is 22.8 Å². The monoisotopic (exact) mass is 570 g/mol. The second-order valence-electron chi connectivity index (χ2n) is 7.84. The molecule has 0 bridgehead atoms. The van der Waals surface area contributed by atoms with Crippen LogP contribution in [0.1, 0.15) is 36.7 Å². The number of likely N-dealkylation sites (tertiary alicyclic amines) is 1. The first-order valence-corrected chi connectivity index (χ1v) is 11.2. The number of nitrogens with one attached hydrogen (secondary N) is 2. The van der Waals surface area contributed by atoms with E-state index in [4.69, 9.17) is 18.9 Å². The molecule has 2 N–H and O–H groups in total. The zero-order chi connectivity index (χ0) is 22.8. The molecular weight excluding hydrogens is 535 g/mol. The lowest BCUT2D eigenvalue weighted by Crippen LogP contribution is -2.50. The van der Waals surface area contributed by atoms with E-state index in [1.54, 1.807) is 18.3 Å². The van der Waals surface area contributed by atoms with Gasteiger partial charge in [0, 0.05) is 37.7 Å². The number of piperidine rings is 1. The fraction of sp³-hybridized carbons (Fsp3) is 0.500. The lowest BCUT2D eigenvalue weighted by molar-refractivity contribution is 0.0963. The summed E-state index contributed by atoms with van der Waals surface area (Å²) in [5.41, 5.74) is 2.18. The number of hydrogen-bond acceptors (Lipinski definition) is 5. The average Bonchev–Trinajstić information content (AvgIpc) is 3.32.